The number of halogens is 1. The van der Waals surface area contributed by atoms with Gasteiger partial charge < -0.3 is 10.0 Å². The number of aryl methyl sites for hydroxylation is 2. The second kappa shape index (κ2) is 7.57. The topological polar surface area (TPSA) is 71.2 Å². The van der Waals surface area contributed by atoms with Crippen molar-refractivity contribution in [2.24, 2.45) is 7.05 Å². The van der Waals surface area contributed by atoms with Gasteiger partial charge >= 0.3 is 0 Å². The van der Waals surface area contributed by atoms with E-state index in [0.29, 0.717) is 35.3 Å². The second-order valence-electron chi connectivity index (χ2n) is 8.69. The van der Waals surface area contributed by atoms with E-state index in [9.17, 15) is 14.3 Å². The average Bonchev–Trinajstić information content (AvgIpc) is 3.43. The summed E-state index contributed by atoms with van der Waals surface area (Å²) >= 11 is 0. The largest absolute Gasteiger partial charge is 0.391 e. The number of aliphatic hydroxyl groups is 1. The smallest absolute Gasteiger partial charge is 0.254 e. The minimum atomic E-state index is -0.444. The van der Waals surface area contributed by atoms with Gasteiger partial charge in [0.05, 0.1) is 18.3 Å². The Kier molecular flexibility index (Phi) is 4.85. The zero-order valence-electron chi connectivity index (χ0n) is 17.7. The summed E-state index contributed by atoms with van der Waals surface area (Å²) in [5.41, 5.74) is 5.52. The highest BCUT2D eigenvalue weighted by Crippen LogP contribution is 2.34. The maximum atomic E-state index is 14.9. The molecule has 1 aliphatic heterocycles. The van der Waals surface area contributed by atoms with Crippen LogP contribution in [0, 0.1) is 12.7 Å². The zero-order valence-corrected chi connectivity index (χ0v) is 17.7. The number of aromatic nitrogens is 3. The molecule has 1 saturated carbocycles. The highest BCUT2D eigenvalue weighted by molar-refractivity contribution is 5.99. The number of fused-ring (bicyclic) bond motifs is 1. The van der Waals surface area contributed by atoms with Gasteiger partial charge in [-0.2, -0.15) is 0 Å². The van der Waals surface area contributed by atoms with Gasteiger partial charge in [-0.1, -0.05) is 23.4 Å². The lowest BCUT2D eigenvalue weighted by molar-refractivity contribution is 0.0479. The number of nitrogens with zero attached hydrogens (tertiary/aromatic N) is 4. The molecule has 2 heterocycles. The third-order valence-electron chi connectivity index (χ3n) is 6.57. The lowest BCUT2D eigenvalue weighted by Gasteiger charge is -2.26. The van der Waals surface area contributed by atoms with Crippen LogP contribution in [0.1, 0.15) is 51.9 Å². The van der Waals surface area contributed by atoms with E-state index >= 15 is 0 Å². The van der Waals surface area contributed by atoms with Crippen molar-refractivity contribution in [2.45, 2.75) is 51.3 Å². The molecule has 7 heteroatoms. The fourth-order valence-electron chi connectivity index (χ4n) is 4.83. The maximum Gasteiger partial charge on any atom is 0.254 e. The molecule has 0 spiro atoms. The van der Waals surface area contributed by atoms with Gasteiger partial charge in [0.1, 0.15) is 11.5 Å². The van der Waals surface area contributed by atoms with E-state index in [1.54, 1.807) is 24.0 Å². The molecule has 0 saturated heterocycles. The zero-order chi connectivity index (χ0) is 21.7. The van der Waals surface area contributed by atoms with Gasteiger partial charge in [0.15, 0.2) is 0 Å². The van der Waals surface area contributed by atoms with Crippen molar-refractivity contribution in [3.05, 3.63) is 70.2 Å². The number of rotatable bonds is 4. The molecule has 2 aromatic carbocycles. The van der Waals surface area contributed by atoms with Crippen LogP contribution in [0.3, 0.4) is 0 Å². The summed E-state index contributed by atoms with van der Waals surface area (Å²) in [7, 11) is 1.77. The molecular formula is C24H25FN4O2. The van der Waals surface area contributed by atoms with Gasteiger partial charge in [0.25, 0.3) is 5.91 Å². The lowest BCUT2D eigenvalue weighted by atomic mass is 9.95. The van der Waals surface area contributed by atoms with Crippen LogP contribution in [0.15, 0.2) is 36.5 Å². The number of benzene rings is 2. The number of aliphatic hydroxyl groups excluding tert-OH is 1. The van der Waals surface area contributed by atoms with Crippen LogP contribution in [-0.2, 0) is 20.0 Å². The number of hydrogen-bond donors (Lipinski definition) is 1. The van der Waals surface area contributed by atoms with Crippen LogP contribution in [0.2, 0.25) is 0 Å². The standard InChI is InChI=1S/C24H25FN4O2/c1-14-8-18-12-29(22-4-3-5-23(22)30)24(31)19(18)10-17(14)9-15-6-7-16(11-20(15)25)21-13-28(2)27-26-21/h6-8,10-11,13,22-23,30H,3-5,9,12H2,1-2H3/t22-,23-/m1/s1. The van der Waals surface area contributed by atoms with Crippen LogP contribution in [0.5, 0.6) is 0 Å². The minimum Gasteiger partial charge on any atom is -0.391 e. The summed E-state index contributed by atoms with van der Waals surface area (Å²) in [5.74, 6) is -0.328. The van der Waals surface area contributed by atoms with E-state index in [0.717, 1.165) is 36.0 Å². The van der Waals surface area contributed by atoms with Crippen molar-refractivity contribution >= 4 is 5.91 Å². The maximum absolute atomic E-state index is 14.9. The first kappa shape index (κ1) is 19.9. The van der Waals surface area contributed by atoms with E-state index < -0.39 is 6.10 Å². The molecular weight excluding hydrogens is 395 g/mol. The molecule has 0 unspecified atom stereocenters. The number of hydrogen-bond acceptors (Lipinski definition) is 4. The van der Waals surface area contributed by atoms with Crippen LogP contribution >= 0.6 is 0 Å². The molecule has 3 aromatic rings. The molecule has 6 nitrogen and oxygen atoms in total. The molecule has 0 radical (unpaired) electrons. The predicted molar refractivity (Wildman–Crippen MR) is 114 cm³/mol. The van der Waals surface area contributed by atoms with Crippen LogP contribution < -0.4 is 0 Å². The fourth-order valence-corrected chi connectivity index (χ4v) is 4.83. The molecule has 1 aromatic heterocycles. The molecule has 5 rings (SSSR count). The van der Waals surface area contributed by atoms with E-state index in [2.05, 4.69) is 10.3 Å². The second-order valence-corrected chi connectivity index (χ2v) is 8.69. The SMILES string of the molecule is Cc1cc2c(cc1Cc1ccc(-c3cn(C)nn3)cc1F)C(=O)N([C@@H]1CCC[C@H]1O)C2. The molecule has 2 atom stereocenters. The van der Waals surface area contributed by atoms with Crippen molar-refractivity contribution < 1.29 is 14.3 Å². The van der Waals surface area contributed by atoms with Gasteiger partial charge in [-0.05, 0) is 60.6 Å². The summed E-state index contributed by atoms with van der Waals surface area (Å²) in [5, 5.41) is 18.2. The first-order chi connectivity index (χ1) is 14.9. The third kappa shape index (κ3) is 3.53. The van der Waals surface area contributed by atoms with Crippen molar-refractivity contribution in [3.8, 4) is 11.3 Å². The Bertz CT molecular complexity index is 1170. The highest BCUT2D eigenvalue weighted by atomic mass is 19.1. The number of carbonyl (C=O) groups excluding carboxylic acids is 1. The van der Waals surface area contributed by atoms with E-state index in [-0.39, 0.29) is 17.8 Å². The Morgan fingerprint density at radius 1 is 1.19 bits per heavy atom. The molecule has 0 bridgehead atoms. The first-order valence-corrected chi connectivity index (χ1v) is 10.7. The van der Waals surface area contributed by atoms with Gasteiger partial charge in [0.2, 0.25) is 0 Å². The Labute approximate surface area is 180 Å². The Hall–Kier alpha value is -3.06. The monoisotopic (exact) mass is 420 g/mol. The van der Waals surface area contributed by atoms with E-state index in [1.807, 2.05) is 30.0 Å². The normalized spacial score (nSPS) is 20.5. The molecule has 1 amide bonds. The van der Waals surface area contributed by atoms with Crippen LogP contribution in [-0.4, -0.2) is 43.1 Å². The minimum absolute atomic E-state index is 0.0272. The Morgan fingerprint density at radius 3 is 2.71 bits per heavy atom. The molecule has 1 N–H and O–H groups in total. The van der Waals surface area contributed by atoms with Gasteiger partial charge in [-0.25, -0.2) is 4.39 Å². The Morgan fingerprint density at radius 2 is 2.03 bits per heavy atom. The summed E-state index contributed by atoms with van der Waals surface area (Å²) in [6, 6.07) is 8.94. The fraction of sp³-hybridized carbons (Fsp3) is 0.375. The first-order valence-electron chi connectivity index (χ1n) is 10.7. The van der Waals surface area contributed by atoms with Gasteiger partial charge in [0, 0.05) is 31.1 Å². The van der Waals surface area contributed by atoms with E-state index in [1.165, 1.54) is 6.07 Å². The molecule has 1 fully saturated rings. The quantitative estimate of drug-likeness (QED) is 0.702. The number of amides is 1. The summed E-state index contributed by atoms with van der Waals surface area (Å²) in [4.78, 5) is 14.8. The lowest BCUT2D eigenvalue weighted by Crippen LogP contribution is -2.40. The van der Waals surface area contributed by atoms with Crippen LogP contribution in [0.4, 0.5) is 4.39 Å². The predicted octanol–water partition coefficient (Wildman–Crippen LogP) is 3.39. The molecule has 31 heavy (non-hydrogen) atoms. The summed E-state index contributed by atoms with van der Waals surface area (Å²) < 4.78 is 16.4. The van der Waals surface area contributed by atoms with Crippen molar-refractivity contribution in [1.82, 2.24) is 19.9 Å². The summed E-state index contributed by atoms with van der Waals surface area (Å²) in [6.07, 6.45) is 4.25. The van der Waals surface area contributed by atoms with Crippen molar-refractivity contribution in [3.63, 3.8) is 0 Å². The highest BCUT2D eigenvalue weighted by Gasteiger charge is 2.38. The summed E-state index contributed by atoms with van der Waals surface area (Å²) in [6.45, 7) is 2.54. The number of carbonyl (C=O) groups is 1. The third-order valence-corrected chi connectivity index (χ3v) is 6.57. The van der Waals surface area contributed by atoms with Crippen LogP contribution in [0.25, 0.3) is 11.3 Å². The van der Waals surface area contributed by atoms with Crippen molar-refractivity contribution in [2.75, 3.05) is 0 Å². The Balaban J connectivity index is 1.40. The molecule has 160 valence electrons. The van der Waals surface area contributed by atoms with Gasteiger partial charge in [-0.3, -0.25) is 9.48 Å². The molecule has 1 aliphatic carbocycles. The van der Waals surface area contributed by atoms with Gasteiger partial charge in [-0.15, -0.1) is 5.10 Å². The average molecular weight is 420 g/mol. The molecule has 2 aliphatic rings. The van der Waals surface area contributed by atoms with E-state index in [4.69, 9.17) is 0 Å². The van der Waals surface area contributed by atoms with Crippen molar-refractivity contribution in [1.29, 1.82) is 0 Å².